The van der Waals surface area contributed by atoms with Crippen molar-refractivity contribution < 1.29 is 14.2 Å². The largest absolute Gasteiger partial charge is 0.466 e. The molecule has 114 valence electrons. The minimum Gasteiger partial charge on any atom is -0.466 e. The molecule has 7 heteroatoms. The van der Waals surface area contributed by atoms with E-state index in [0.717, 1.165) is 0 Å². The van der Waals surface area contributed by atoms with Crippen molar-refractivity contribution in [3.8, 4) is 5.75 Å². The highest BCUT2D eigenvalue weighted by atomic mass is 35.5. The molecule has 1 aromatic carbocycles. The molecule has 0 fully saturated rings. The smallest absolute Gasteiger partial charge is 0.219 e. The Labute approximate surface area is 127 Å². The van der Waals surface area contributed by atoms with Gasteiger partial charge in [-0.2, -0.15) is 5.10 Å². The molecule has 0 bridgehead atoms. The Morgan fingerprint density at radius 1 is 1.38 bits per heavy atom. The number of rotatable bonds is 6. The third-order valence-electron chi connectivity index (χ3n) is 3.18. The van der Waals surface area contributed by atoms with E-state index in [-0.39, 0.29) is 11.7 Å². The lowest BCUT2D eigenvalue weighted by atomic mass is 9.87. The van der Waals surface area contributed by atoms with E-state index < -0.39 is 17.7 Å². The minimum absolute atomic E-state index is 0.242. The summed E-state index contributed by atoms with van der Waals surface area (Å²) >= 11 is 5.91. The maximum atomic E-state index is 12.9. The Morgan fingerprint density at radius 2 is 2.05 bits per heavy atom. The number of hydrogen-bond donors (Lipinski definition) is 1. The molecule has 0 aliphatic rings. The fourth-order valence-corrected chi connectivity index (χ4v) is 1.89. The summed E-state index contributed by atoms with van der Waals surface area (Å²) in [6.45, 7) is 3.64. The predicted octanol–water partition coefficient (Wildman–Crippen LogP) is 2.62. The van der Waals surface area contributed by atoms with Crippen molar-refractivity contribution in [2.75, 3.05) is 5.88 Å². The maximum Gasteiger partial charge on any atom is 0.219 e. The summed E-state index contributed by atoms with van der Waals surface area (Å²) < 4.78 is 20.1. The number of halogens is 2. The van der Waals surface area contributed by atoms with Gasteiger partial charge in [-0.1, -0.05) is 13.8 Å². The lowest BCUT2D eigenvalue weighted by Gasteiger charge is -2.34. The molecule has 0 aliphatic carbocycles. The first-order valence-corrected chi connectivity index (χ1v) is 6.98. The summed E-state index contributed by atoms with van der Waals surface area (Å²) in [6, 6.07) is 5.54. The number of hydrogen-bond acceptors (Lipinski definition) is 4. The summed E-state index contributed by atoms with van der Waals surface area (Å²) in [7, 11) is 0. The topological polar surface area (TPSA) is 60.2 Å². The Balaban J connectivity index is 2.27. The van der Waals surface area contributed by atoms with Crippen LogP contribution in [0.15, 0.2) is 36.9 Å². The fraction of sp³-hybridized carbons (Fsp3) is 0.429. The highest BCUT2D eigenvalue weighted by Crippen LogP contribution is 2.31. The van der Waals surface area contributed by atoms with Crippen LogP contribution in [0.3, 0.4) is 0 Å². The van der Waals surface area contributed by atoms with Crippen LogP contribution in [-0.2, 0) is 0 Å². The standard InChI is InChI=1S/C14H17ClFN3O2/c1-14(2,7-15)12(20)13(19-9-17-8-18-19)21-11-5-3-10(16)4-6-11/h3-6,8-9,12-13,20H,7H2,1-2H3. The summed E-state index contributed by atoms with van der Waals surface area (Å²) in [6.07, 6.45) is 1.05. The zero-order chi connectivity index (χ0) is 15.5. The van der Waals surface area contributed by atoms with Crippen molar-refractivity contribution in [1.82, 2.24) is 14.8 Å². The second-order valence-electron chi connectivity index (χ2n) is 5.40. The highest BCUT2D eigenvalue weighted by molar-refractivity contribution is 6.18. The van der Waals surface area contributed by atoms with Crippen LogP contribution in [0.1, 0.15) is 20.1 Å². The molecule has 2 unspecified atom stereocenters. The summed E-state index contributed by atoms with van der Waals surface area (Å²) in [5.74, 6) is 0.300. The van der Waals surface area contributed by atoms with Crippen LogP contribution >= 0.6 is 11.6 Å². The van der Waals surface area contributed by atoms with Crippen molar-refractivity contribution in [3.63, 3.8) is 0 Å². The van der Waals surface area contributed by atoms with Gasteiger partial charge in [0.2, 0.25) is 6.23 Å². The van der Waals surface area contributed by atoms with E-state index >= 15 is 0 Å². The van der Waals surface area contributed by atoms with Crippen LogP contribution in [0.2, 0.25) is 0 Å². The van der Waals surface area contributed by atoms with Gasteiger partial charge in [0, 0.05) is 11.3 Å². The molecule has 2 aromatic rings. The van der Waals surface area contributed by atoms with E-state index in [9.17, 15) is 9.50 Å². The quantitative estimate of drug-likeness (QED) is 0.833. The lowest BCUT2D eigenvalue weighted by Crippen LogP contribution is -2.41. The van der Waals surface area contributed by atoms with Crippen LogP contribution in [0.5, 0.6) is 5.75 Å². The lowest BCUT2D eigenvalue weighted by molar-refractivity contribution is -0.0719. The third-order valence-corrected chi connectivity index (χ3v) is 3.87. The molecule has 0 amide bonds. The third kappa shape index (κ3) is 3.71. The molecule has 1 N–H and O–H groups in total. The first kappa shape index (κ1) is 15.7. The number of nitrogens with zero attached hydrogens (tertiary/aromatic N) is 3. The average molecular weight is 314 g/mol. The van der Waals surface area contributed by atoms with Gasteiger partial charge in [0.15, 0.2) is 0 Å². The van der Waals surface area contributed by atoms with Gasteiger partial charge in [0.25, 0.3) is 0 Å². The second-order valence-corrected chi connectivity index (χ2v) is 5.67. The predicted molar refractivity (Wildman–Crippen MR) is 76.6 cm³/mol. The van der Waals surface area contributed by atoms with Crippen LogP contribution in [-0.4, -0.2) is 31.9 Å². The van der Waals surface area contributed by atoms with Crippen molar-refractivity contribution in [3.05, 3.63) is 42.7 Å². The fourth-order valence-electron chi connectivity index (χ4n) is 1.73. The van der Waals surface area contributed by atoms with Crippen LogP contribution in [0.25, 0.3) is 0 Å². The van der Waals surface area contributed by atoms with Crippen LogP contribution in [0.4, 0.5) is 4.39 Å². The van der Waals surface area contributed by atoms with E-state index in [1.54, 1.807) is 0 Å². The first-order valence-electron chi connectivity index (χ1n) is 6.44. The Bertz CT molecular complexity index is 560. The molecule has 2 atom stereocenters. The molecule has 1 aromatic heterocycles. The Morgan fingerprint density at radius 3 is 2.57 bits per heavy atom. The van der Waals surface area contributed by atoms with Crippen LogP contribution in [0, 0.1) is 11.2 Å². The number of aliphatic hydroxyl groups is 1. The van der Waals surface area contributed by atoms with Crippen molar-refractivity contribution in [2.45, 2.75) is 26.2 Å². The summed E-state index contributed by atoms with van der Waals surface area (Å²) in [5, 5.41) is 14.6. The van der Waals surface area contributed by atoms with E-state index in [1.165, 1.54) is 41.6 Å². The molecule has 0 aliphatic heterocycles. The molecular formula is C14H17ClFN3O2. The molecule has 0 spiro atoms. The van der Waals surface area contributed by atoms with Gasteiger partial charge in [0.05, 0.1) is 0 Å². The number of benzene rings is 1. The first-order chi connectivity index (χ1) is 9.94. The summed E-state index contributed by atoms with van der Waals surface area (Å²) in [4.78, 5) is 3.86. The van der Waals surface area contributed by atoms with Gasteiger partial charge >= 0.3 is 0 Å². The molecule has 0 radical (unpaired) electrons. The van der Waals surface area contributed by atoms with E-state index in [2.05, 4.69) is 10.1 Å². The molecule has 21 heavy (non-hydrogen) atoms. The zero-order valence-electron chi connectivity index (χ0n) is 11.8. The molecular weight excluding hydrogens is 297 g/mol. The van der Waals surface area contributed by atoms with E-state index in [4.69, 9.17) is 16.3 Å². The van der Waals surface area contributed by atoms with Gasteiger partial charge in [-0.3, -0.25) is 0 Å². The van der Waals surface area contributed by atoms with Crippen LogP contribution < -0.4 is 4.74 Å². The Hall–Kier alpha value is -1.66. The zero-order valence-corrected chi connectivity index (χ0v) is 12.5. The molecule has 0 saturated carbocycles. The molecule has 2 rings (SSSR count). The number of ether oxygens (including phenoxy) is 1. The van der Waals surface area contributed by atoms with Gasteiger partial charge in [-0.15, -0.1) is 11.6 Å². The SMILES string of the molecule is CC(C)(CCl)C(O)C(Oc1ccc(F)cc1)n1cncn1. The van der Waals surface area contributed by atoms with E-state index in [1.807, 2.05) is 13.8 Å². The second kappa shape index (κ2) is 6.41. The number of aromatic nitrogens is 3. The van der Waals surface area contributed by atoms with Crippen molar-refractivity contribution in [2.24, 2.45) is 5.41 Å². The van der Waals surface area contributed by atoms with Gasteiger partial charge in [0.1, 0.15) is 30.3 Å². The summed E-state index contributed by atoms with van der Waals surface area (Å²) in [5.41, 5.74) is -0.599. The van der Waals surface area contributed by atoms with E-state index in [0.29, 0.717) is 5.75 Å². The minimum atomic E-state index is -0.929. The van der Waals surface area contributed by atoms with Gasteiger partial charge in [-0.05, 0) is 24.3 Å². The molecule has 1 heterocycles. The monoisotopic (exact) mass is 313 g/mol. The van der Waals surface area contributed by atoms with Gasteiger partial charge in [-0.25, -0.2) is 14.1 Å². The maximum absolute atomic E-state index is 12.9. The average Bonchev–Trinajstić information content (AvgIpc) is 3.00. The van der Waals surface area contributed by atoms with Gasteiger partial charge < -0.3 is 9.84 Å². The normalized spacial score (nSPS) is 14.7. The van der Waals surface area contributed by atoms with Crippen molar-refractivity contribution in [1.29, 1.82) is 0 Å². The molecule has 5 nitrogen and oxygen atoms in total. The van der Waals surface area contributed by atoms with Crippen molar-refractivity contribution >= 4 is 11.6 Å². The Kier molecular flexibility index (Phi) is 4.80. The molecule has 0 saturated heterocycles. The highest BCUT2D eigenvalue weighted by Gasteiger charge is 2.36. The number of aliphatic hydroxyl groups excluding tert-OH is 1. The number of alkyl halides is 1.